The molecule has 0 fully saturated rings. The number of rotatable bonds is 5. The third kappa shape index (κ3) is 3.83. The third-order valence-corrected chi connectivity index (χ3v) is 5.10. The number of fused-ring (bicyclic) bond motifs is 2. The highest BCUT2D eigenvalue weighted by Crippen LogP contribution is 2.35. The first-order valence-electron chi connectivity index (χ1n) is 9.99. The Bertz CT molecular complexity index is 1300. The largest absolute Gasteiger partial charge is 0.486 e. The van der Waals surface area contributed by atoms with Crippen molar-refractivity contribution in [3.8, 4) is 22.9 Å². The Morgan fingerprint density at radius 3 is 2.66 bits per heavy atom. The number of aromatic nitrogens is 2. The molecule has 4 aromatic rings. The van der Waals surface area contributed by atoms with Crippen molar-refractivity contribution >= 4 is 28.3 Å². The van der Waals surface area contributed by atoms with Crippen LogP contribution in [-0.4, -0.2) is 34.0 Å². The van der Waals surface area contributed by atoms with Crippen LogP contribution in [0.5, 0.6) is 11.5 Å². The highest BCUT2D eigenvalue weighted by molar-refractivity contribution is 5.93. The molecule has 3 aromatic carbocycles. The Kier molecular flexibility index (Phi) is 4.91. The fourth-order valence-corrected chi connectivity index (χ4v) is 3.64. The fourth-order valence-electron chi connectivity index (χ4n) is 3.64. The van der Waals surface area contributed by atoms with Crippen molar-refractivity contribution in [1.82, 2.24) is 9.97 Å². The molecule has 0 bridgehead atoms. The van der Waals surface area contributed by atoms with Crippen LogP contribution in [0.15, 0.2) is 60.7 Å². The lowest BCUT2D eigenvalue weighted by Gasteiger charge is -2.17. The number of carbonyl (C=O) groups is 1. The number of aromatic amines is 1. The molecule has 32 heavy (non-hydrogen) atoms. The van der Waals surface area contributed by atoms with Crippen molar-refractivity contribution < 1.29 is 19.2 Å². The first kappa shape index (κ1) is 19.6. The summed E-state index contributed by atoms with van der Waals surface area (Å²) in [6.07, 6.45) is -0.0996. The van der Waals surface area contributed by atoms with Gasteiger partial charge < -0.3 is 19.8 Å². The second-order valence-corrected chi connectivity index (χ2v) is 7.29. The van der Waals surface area contributed by atoms with E-state index in [1.807, 2.05) is 18.2 Å². The minimum absolute atomic E-state index is 0.0747. The Balaban J connectivity index is 1.37. The molecule has 5 rings (SSSR count). The van der Waals surface area contributed by atoms with Crippen molar-refractivity contribution in [2.75, 3.05) is 18.5 Å². The SMILES string of the molecule is O=C(Cc1ccccc1[N+](=O)[O-])Nc1cccc(-c2nc3cc4c(cc3[nH]2)OCCO4)c1. The zero-order valence-corrected chi connectivity index (χ0v) is 16.8. The average Bonchev–Trinajstić information content (AvgIpc) is 3.20. The van der Waals surface area contributed by atoms with E-state index in [-0.39, 0.29) is 18.0 Å². The Morgan fingerprint density at radius 1 is 1.06 bits per heavy atom. The summed E-state index contributed by atoms with van der Waals surface area (Å²) in [5.74, 6) is 1.63. The van der Waals surface area contributed by atoms with Gasteiger partial charge in [-0.2, -0.15) is 0 Å². The van der Waals surface area contributed by atoms with Crippen LogP contribution in [0.2, 0.25) is 0 Å². The van der Waals surface area contributed by atoms with E-state index in [1.165, 1.54) is 6.07 Å². The van der Waals surface area contributed by atoms with E-state index in [4.69, 9.17) is 9.47 Å². The molecule has 1 amide bonds. The van der Waals surface area contributed by atoms with Crippen molar-refractivity contribution in [2.45, 2.75) is 6.42 Å². The van der Waals surface area contributed by atoms with Crippen LogP contribution in [0, 0.1) is 10.1 Å². The first-order chi connectivity index (χ1) is 15.6. The van der Waals surface area contributed by atoms with E-state index in [1.54, 1.807) is 36.4 Å². The van der Waals surface area contributed by atoms with E-state index in [2.05, 4.69) is 15.3 Å². The predicted molar refractivity (Wildman–Crippen MR) is 118 cm³/mol. The van der Waals surface area contributed by atoms with Gasteiger partial charge in [0, 0.05) is 35.0 Å². The van der Waals surface area contributed by atoms with Gasteiger partial charge in [-0.05, 0) is 12.1 Å². The molecule has 0 aliphatic carbocycles. The second kappa shape index (κ2) is 8.03. The molecule has 0 radical (unpaired) electrons. The molecule has 1 aromatic heterocycles. The van der Waals surface area contributed by atoms with Crippen LogP contribution >= 0.6 is 0 Å². The van der Waals surface area contributed by atoms with Gasteiger partial charge in [-0.1, -0.05) is 30.3 Å². The number of hydrogen-bond acceptors (Lipinski definition) is 6. The standard InChI is InChI=1S/C23H18N4O5/c28-22(11-14-4-1-2-7-19(14)27(29)30)24-16-6-3-5-15(10-16)23-25-17-12-20-21(13-18(17)26-23)32-9-8-31-20/h1-7,10,12-13H,8-9,11H2,(H,24,28)(H,25,26). The van der Waals surface area contributed by atoms with Crippen LogP contribution in [0.4, 0.5) is 11.4 Å². The van der Waals surface area contributed by atoms with Gasteiger partial charge in [0.05, 0.1) is 22.4 Å². The second-order valence-electron chi connectivity index (χ2n) is 7.29. The summed E-state index contributed by atoms with van der Waals surface area (Å²) in [5, 5.41) is 14.0. The van der Waals surface area contributed by atoms with Crippen molar-refractivity contribution in [1.29, 1.82) is 0 Å². The molecule has 1 aliphatic heterocycles. The Labute approximate surface area is 182 Å². The van der Waals surface area contributed by atoms with Crippen LogP contribution in [0.25, 0.3) is 22.4 Å². The van der Waals surface area contributed by atoms with Gasteiger partial charge in [-0.15, -0.1) is 0 Å². The molecule has 0 atom stereocenters. The van der Waals surface area contributed by atoms with Gasteiger partial charge >= 0.3 is 0 Å². The number of para-hydroxylation sites is 1. The number of hydrogen-bond donors (Lipinski definition) is 2. The van der Waals surface area contributed by atoms with E-state index < -0.39 is 4.92 Å². The van der Waals surface area contributed by atoms with Gasteiger partial charge in [0.15, 0.2) is 11.5 Å². The Hall–Kier alpha value is -4.40. The van der Waals surface area contributed by atoms with E-state index in [9.17, 15) is 14.9 Å². The highest BCUT2D eigenvalue weighted by atomic mass is 16.6. The number of nitro benzene ring substituents is 1. The van der Waals surface area contributed by atoms with E-state index >= 15 is 0 Å². The number of ether oxygens (including phenoxy) is 2. The summed E-state index contributed by atoms with van der Waals surface area (Å²) in [6.45, 7) is 1.01. The highest BCUT2D eigenvalue weighted by Gasteiger charge is 2.17. The smallest absolute Gasteiger partial charge is 0.273 e. The Morgan fingerprint density at radius 2 is 1.84 bits per heavy atom. The van der Waals surface area contributed by atoms with Gasteiger partial charge in [0.1, 0.15) is 19.0 Å². The quantitative estimate of drug-likeness (QED) is 0.364. The lowest BCUT2D eigenvalue weighted by Crippen LogP contribution is -2.15. The minimum atomic E-state index is -0.487. The van der Waals surface area contributed by atoms with Crippen LogP contribution in [0.1, 0.15) is 5.56 Å². The minimum Gasteiger partial charge on any atom is -0.486 e. The molecule has 160 valence electrons. The number of H-pyrrole nitrogens is 1. The predicted octanol–water partition coefficient (Wildman–Crippen LogP) is 4.09. The van der Waals surface area contributed by atoms with Crippen LogP contribution in [0.3, 0.4) is 0 Å². The number of nitrogens with one attached hydrogen (secondary N) is 2. The van der Waals surface area contributed by atoms with E-state index in [0.29, 0.717) is 41.8 Å². The zero-order valence-electron chi connectivity index (χ0n) is 16.8. The maximum atomic E-state index is 12.5. The summed E-state index contributed by atoms with van der Waals surface area (Å²) in [7, 11) is 0. The summed E-state index contributed by atoms with van der Waals surface area (Å²) < 4.78 is 11.2. The summed E-state index contributed by atoms with van der Waals surface area (Å²) >= 11 is 0. The molecule has 0 spiro atoms. The number of carbonyl (C=O) groups excluding carboxylic acids is 1. The maximum absolute atomic E-state index is 12.5. The molecular weight excluding hydrogens is 412 g/mol. The fraction of sp³-hybridized carbons (Fsp3) is 0.130. The summed E-state index contributed by atoms with van der Waals surface area (Å²) in [6, 6.07) is 17.1. The van der Waals surface area contributed by atoms with Gasteiger partial charge in [-0.25, -0.2) is 4.98 Å². The molecule has 1 aliphatic rings. The zero-order chi connectivity index (χ0) is 22.1. The van der Waals surface area contributed by atoms with Crippen molar-refractivity contribution in [2.24, 2.45) is 0 Å². The van der Waals surface area contributed by atoms with Crippen molar-refractivity contribution in [3.05, 3.63) is 76.3 Å². The molecular formula is C23H18N4O5. The lowest BCUT2D eigenvalue weighted by atomic mass is 10.1. The molecule has 9 nitrogen and oxygen atoms in total. The summed E-state index contributed by atoms with van der Waals surface area (Å²) in [5.41, 5.74) is 3.19. The number of nitrogens with zero attached hydrogens (tertiary/aromatic N) is 2. The van der Waals surface area contributed by atoms with E-state index in [0.717, 1.165) is 16.6 Å². The van der Waals surface area contributed by atoms with Gasteiger partial charge in [-0.3, -0.25) is 14.9 Å². The summed E-state index contributed by atoms with van der Waals surface area (Å²) in [4.78, 5) is 31.1. The monoisotopic (exact) mass is 430 g/mol. The molecule has 2 N–H and O–H groups in total. The third-order valence-electron chi connectivity index (χ3n) is 5.10. The molecule has 0 unspecified atom stereocenters. The van der Waals surface area contributed by atoms with Crippen LogP contribution < -0.4 is 14.8 Å². The maximum Gasteiger partial charge on any atom is 0.273 e. The molecule has 2 heterocycles. The topological polar surface area (TPSA) is 119 Å². The lowest BCUT2D eigenvalue weighted by molar-refractivity contribution is -0.385. The number of nitro groups is 1. The number of benzene rings is 3. The number of amides is 1. The van der Waals surface area contributed by atoms with Crippen molar-refractivity contribution in [3.63, 3.8) is 0 Å². The van der Waals surface area contributed by atoms with Gasteiger partial charge in [0.2, 0.25) is 5.91 Å². The number of imidazole rings is 1. The normalized spacial score (nSPS) is 12.5. The molecule has 0 saturated heterocycles. The average molecular weight is 430 g/mol. The number of anilines is 1. The first-order valence-corrected chi connectivity index (χ1v) is 9.99. The van der Waals surface area contributed by atoms with Gasteiger partial charge in [0.25, 0.3) is 5.69 Å². The molecule has 0 saturated carbocycles. The van der Waals surface area contributed by atoms with Crippen LogP contribution in [-0.2, 0) is 11.2 Å². The molecule has 9 heteroatoms.